The van der Waals surface area contributed by atoms with Crippen LogP contribution in [0.2, 0.25) is 0 Å². The number of aryl methyl sites for hydroxylation is 1. The van der Waals surface area contributed by atoms with Gasteiger partial charge in [0.2, 0.25) is 11.8 Å². The Labute approximate surface area is 90.2 Å². The molecular weight excluding hydrogens is 188 g/mol. The predicted molar refractivity (Wildman–Crippen MR) is 60.4 cm³/mol. The van der Waals surface area contributed by atoms with Gasteiger partial charge in [-0.15, -0.1) is 10.2 Å². The Hall–Kier alpha value is -1.64. The standard InChI is InChI=1S/C9H8N2O.C3H8/c1-7-10-11-9(12-7)8-5-3-2-4-6-8;1-3-2/h2-6H,1H3;3H2,1-2H3. The second kappa shape index (κ2) is 5.96. The van der Waals surface area contributed by atoms with Crippen molar-refractivity contribution in [2.24, 2.45) is 0 Å². The summed E-state index contributed by atoms with van der Waals surface area (Å²) in [7, 11) is 0. The molecule has 0 aliphatic heterocycles. The Morgan fingerprint density at radius 2 is 1.67 bits per heavy atom. The lowest BCUT2D eigenvalue weighted by Gasteiger charge is -1.90. The van der Waals surface area contributed by atoms with E-state index in [1.54, 1.807) is 6.92 Å². The van der Waals surface area contributed by atoms with Gasteiger partial charge in [-0.3, -0.25) is 0 Å². The van der Waals surface area contributed by atoms with Gasteiger partial charge < -0.3 is 4.42 Å². The predicted octanol–water partition coefficient (Wildman–Crippen LogP) is 3.46. The number of hydrogen-bond acceptors (Lipinski definition) is 3. The molecule has 0 fully saturated rings. The van der Waals surface area contributed by atoms with E-state index in [1.165, 1.54) is 6.42 Å². The van der Waals surface area contributed by atoms with E-state index in [0.717, 1.165) is 5.56 Å². The van der Waals surface area contributed by atoms with E-state index < -0.39 is 0 Å². The highest BCUT2D eigenvalue weighted by Gasteiger charge is 2.02. The van der Waals surface area contributed by atoms with Crippen molar-refractivity contribution in [3.63, 3.8) is 0 Å². The first kappa shape index (κ1) is 11.4. The van der Waals surface area contributed by atoms with Gasteiger partial charge in [0.15, 0.2) is 0 Å². The van der Waals surface area contributed by atoms with Gasteiger partial charge in [0.1, 0.15) is 0 Å². The number of rotatable bonds is 1. The molecule has 0 aliphatic carbocycles. The van der Waals surface area contributed by atoms with E-state index in [9.17, 15) is 0 Å². The molecule has 15 heavy (non-hydrogen) atoms. The van der Waals surface area contributed by atoms with Crippen molar-refractivity contribution in [3.8, 4) is 11.5 Å². The Morgan fingerprint density at radius 3 is 2.13 bits per heavy atom. The van der Waals surface area contributed by atoms with E-state index in [4.69, 9.17) is 4.42 Å². The second-order valence-corrected chi connectivity index (χ2v) is 3.20. The molecule has 2 rings (SSSR count). The molecule has 1 aromatic heterocycles. The van der Waals surface area contributed by atoms with Crippen LogP contribution in [0.5, 0.6) is 0 Å². The third kappa shape index (κ3) is 3.54. The van der Waals surface area contributed by atoms with Crippen LogP contribution in [0.1, 0.15) is 26.2 Å². The zero-order valence-electron chi connectivity index (χ0n) is 9.40. The molecule has 1 heterocycles. The highest BCUT2D eigenvalue weighted by atomic mass is 16.4. The van der Waals surface area contributed by atoms with Crippen LogP contribution in [-0.2, 0) is 0 Å². The molecule has 0 saturated heterocycles. The molecule has 2 aromatic rings. The first-order valence-corrected chi connectivity index (χ1v) is 5.13. The quantitative estimate of drug-likeness (QED) is 0.714. The third-order valence-corrected chi connectivity index (χ3v) is 1.55. The summed E-state index contributed by atoms with van der Waals surface area (Å²) in [6.45, 7) is 6.03. The molecule has 3 heteroatoms. The smallest absolute Gasteiger partial charge is 0.247 e. The van der Waals surface area contributed by atoms with E-state index in [0.29, 0.717) is 11.8 Å². The van der Waals surface area contributed by atoms with Gasteiger partial charge in [-0.05, 0) is 12.1 Å². The number of hydrogen-bond donors (Lipinski definition) is 0. The molecule has 0 radical (unpaired) electrons. The average molecular weight is 204 g/mol. The molecule has 80 valence electrons. The van der Waals surface area contributed by atoms with Gasteiger partial charge in [-0.25, -0.2) is 0 Å². The first-order valence-electron chi connectivity index (χ1n) is 5.13. The Bertz CT molecular complexity index is 382. The van der Waals surface area contributed by atoms with Crippen molar-refractivity contribution in [2.45, 2.75) is 27.2 Å². The Kier molecular flexibility index (Phi) is 4.54. The molecule has 0 unspecified atom stereocenters. The minimum Gasteiger partial charge on any atom is -0.421 e. The van der Waals surface area contributed by atoms with Gasteiger partial charge in [0.05, 0.1) is 0 Å². The van der Waals surface area contributed by atoms with Crippen molar-refractivity contribution in [2.75, 3.05) is 0 Å². The number of nitrogens with zero attached hydrogens (tertiary/aromatic N) is 2. The summed E-state index contributed by atoms with van der Waals surface area (Å²) in [5.41, 5.74) is 0.957. The van der Waals surface area contributed by atoms with Crippen LogP contribution < -0.4 is 0 Å². The van der Waals surface area contributed by atoms with Gasteiger partial charge in [-0.2, -0.15) is 0 Å². The van der Waals surface area contributed by atoms with Crippen LogP contribution in [0.4, 0.5) is 0 Å². The van der Waals surface area contributed by atoms with E-state index in [2.05, 4.69) is 24.0 Å². The molecule has 0 aliphatic rings. The van der Waals surface area contributed by atoms with E-state index in [-0.39, 0.29) is 0 Å². The summed E-state index contributed by atoms with van der Waals surface area (Å²) in [6, 6.07) is 9.70. The van der Waals surface area contributed by atoms with Gasteiger partial charge in [0, 0.05) is 12.5 Å². The normalized spacial score (nSPS) is 9.27. The van der Waals surface area contributed by atoms with Gasteiger partial charge in [0.25, 0.3) is 0 Å². The minimum absolute atomic E-state index is 0.577. The van der Waals surface area contributed by atoms with Crippen molar-refractivity contribution < 1.29 is 4.42 Å². The number of aromatic nitrogens is 2. The van der Waals surface area contributed by atoms with Crippen molar-refractivity contribution in [1.82, 2.24) is 10.2 Å². The van der Waals surface area contributed by atoms with E-state index in [1.807, 2.05) is 30.3 Å². The van der Waals surface area contributed by atoms with Crippen LogP contribution in [0.25, 0.3) is 11.5 Å². The topological polar surface area (TPSA) is 38.9 Å². The fourth-order valence-corrected chi connectivity index (χ4v) is 0.994. The highest BCUT2D eigenvalue weighted by Crippen LogP contribution is 2.15. The third-order valence-electron chi connectivity index (χ3n) is 1.55. The summed E-state index contributed by atoms with van der Waals surface area (Å²) < 4.78 is 5.25. The molecule has 0 saturated carbocycles. The molecule has 0 amide bonds. The van der Waals surface area contributed by atoms with Crippen molar-refractivity contribution in [1.29, 1.82) is 0 Å². The maximum Gasteiger partial charge on any atom is 0.247 e. The molecular formula is C12H16N2O. The minimum atomic E-state index is 0.577. The molecule has 1 aromatic carbocycles. The summed E-state index contributed by atoms with van der Waals surface area (Å²) >= 11 is 0. The van der Waals surface area contributed by atoms with Gasteiger partial charge >= 0.3 is 0 Å². The maximum atomic E-state index is 5.25. The van der Waals surface area contributed by atoms with Crippen LogP contribution in [0.3, 0.4) is 0 Å². The zero-order chi connectivity index (χ0) is 11.1. The van der Waals surface area contributed by atoms with Crippen molar-refractivity contribution >= 4 is 0 Å². The fourth-order valence-electron chi connectivity index (χ4n) is 0.994. The lowest BCUT2D eigenvalue weighted by atomic mass is 10.2. The van der Waals surface area contributed by atoms with Crippen LogP contribution in [-0.4, -0.2) is 10.2 Å². The molecule has 0 atom stereocenters. The molecule has 3 nitrogen and oxygen atoms in total. The SMILES string of the molecule is CCC.Cc1nnc(-c2ccccc2)o1. The van der Waals surface area contributed by atoms with Crippen LogP contribution in [0.15, 0.2) is 34.7 Å². The lowest BCUT2D eigenvalue weighted by Crippen LogP contribution is -1.75. The largest absolute Gasteiger partial charge is 0.421 e. The maximum absolute atomic E-state index is 5.25. The number of benzene rings is 1. The molecule has 0 bridgehead atoms. The summed E-state index contributed by atoms with van der Waals surface area (Å²) in [6.07, 6.45) is 1.25. The zero-order valence-corrected chi connectivity index (χ0v) is 9.40. The van der Waals surface area contributed by atoms with E-state index >= 15 is 0 Å². The lowest BCUT2D eigenvalue weighted by molar-refractivity contribution is 0.533. The molecule has 0 spiro atoms. The first-order chi connectivity index (χ1) is 7.27. The fraction of sp³-hybridized carbons (Fsp3) is 0.333. The van der Waals surface area contributed by atoms with Crippen LogP contribution >= 0.6 is 0 Å². The average Bonchev–Trinajstić information content (AvgIpc) is 2.67. The van der Waals surface area contributed by atoms with Gasteiger partial charge in [-0.1, -0.05) is 38.5 Å². The summed E-state index contributed by atoms with van der Waals surface area (Å²) in [4.78, 5) is 0. The highest BCUT2D eigenvalue weighted by molar-refractivity contribution is 5.51. The Morgan fingerprint density at radius 1 is 1.07 bits per heavy atom. The van der Waals surface area contributed by atoms with Crippen molar-refractivity contribution in [3.05, 3.63) is 36.2 Å². The summed E-state index contributed by atoms with van der Waals surface area (Å²) in [5, 5.41) is 7.65. The Balaban J connectivity index is 0.000000337. The molecule has 0 N–H and O–H groups in total. The monoisotopic (exact) mass is 204 g/mol. The summed E-state index contributed by atoms with van der Waals surface area (Å²) in [5.74, 6) is 1.17. The second-order valence-electron chi connectivity index (χ2n) is 3.20. The van der Waals surface area contributed by atoms with Crippen LogP contribution in [0, 0.1) is 6.92 Å².